The first-order valence-electron chi connectivity index (χ1n) is 9.08. The van der Waals surface area contributed by atoms with E-state index in [4.69, 9.17) is 0 Å². The van der Waals surface area contributed by atoms with Crippen LogP contribution in [0.1, 0.15) is 30.8 Å². The highest BCUT2D eigenvalue weighted by Gasteiger charge is 2.19. The van der Waals surface area contributed by atoms with E-state index in [1.165, 1.54) is 0 Å². The van der Waals surface area contributed by atoms with E-state index < -0.39 is 0 Å². The summed E-state index contributed by atoms with van der Waals surface area (Å²) in [5.41, 5.74) is 1.06. The molecule has 0 N–H and O–H groups in total. The van der Waals surface area contributed by atoms with Gasteiger partial charge >= 0.3 is 0 Å². The van der Waals surface area contributed by atoms with Crippen LogP contribution >= 0.6 is 0 Å². The van der Waals surface area contributed by atoms with Crippen LogP contribution in [0.5, 0.6) is 0 Å². The fourth-order valence-electron chi connectivity index (χ4n) is 3.25. The summed E-state index contributed by atoms with van der Waals surface area (Å²) >= 11 is 0. The van der Waals surface area contributed by atoms with Crippen molar-refractivity contribution in [2.45, 2.75) is 32.2 Å². The molecule has 1 saturated heterocycles. The van der Waals surface area contributed by atoms with E-state index in [0.29, 0.717) is 6.42 Å². The lowest BCUT2D eigenvalue weighted by Gasteiger charge is -2.22. The molecule has 1 aliphatic heterocycles. The van der Waals surface area contributed by atoms with Crippen molar-refractivity contribution >= 4 is 5.91 Å². The van der Waals surface area contributed by atoms with Crippen molar-refractivity contribution < 1.29 is 4.79 Å². The van der Waals surface area contributed by atoms with E-state index in [-0.39, 0.29) is 5.91 Å². The highest BCUT2D eigenvalue weighted by molar-refractivity contribution is 5.76. The van der Waals surface area contributed by atoms with E-state index in [0.717, 1.165) is 63.5 Å². The molecule has 0 radical (unpaired) electrons. The van der Waals surface area contributed by atoms with Crippen molar-refractivity contribution in [2.75, 3.05) is 26.2 Å². The quantitative estimate of drug-likeness (QED) is 0.805. The zero-order valence-electron chi connectivity index (χ0n) is 15.0. The van der Waals surface area contributed by atoms with Gasteiger partial charge in [-0.15, -0.1) is 0 Å². The number of nitrogens with zero attached hydrogens (tertiary/aromatic N) is 5. The van der Waals surface area contributed by atoms with Crippen LogP contribution in [0.2, 0.25) is 0 Å². The summed E-state index contributed by atoms with van der Waals surface area (Å²) in [6, 6.07) is 5.93. The molecule has 2 aromatic heterocycles. The van der Waals surface area contributed by atoms with Gasteiger partial charge in [0.15, 0.2) is 0 Å². The standard InChI is InChI=1S/C19H27N5O/c1-22-13-10-21-18(22)16-23-11-5-12-24(15-14-23)19(25)8-4-7-17-6-2-3-9-20-17/h2-3,6,9-10,13H,4-5,7-8,11-12,14-16H2,1H3. The Bertz CT molecular complexity index is 669. The molecule has 0 unspecified atom stereocenters. The number of imidazole rings is 1. The highest BCUT2D eigenvalue weighted by atomic mass is 16.2. The van der Waals surface area contributed by atoms with Crippen LogP contribution in [0, 0.1) is 0 Å². The Morgan fingerprint density at radius 3 is 2.80 bits per heavy atom. The summed E-state index contributed by atoms with van der Waals surface area (Å²) < 4.78 is 2.06. The largest absolute Gasteiger partial charge is 0.341 e. The van der Waals surface area contributed by atoms with Gasteiger partial charge in [0.05, 0.1) is 6.54 Å². The summed E-state index contributed by atoms with van der Waals surface area (Å²) in [7, 11) is 2.03. The SMILES string of the molecule is Cn1ccnc1CN1CCCN(C(=O)CCCc2ccccn2)CC1. The normalized spacial score (nSPS) is 16.0. The van der Waals surface area contributed by atoms with Crippen molar-refractivity contribution in [1.82, 2.24) is 24.3 Å². The third-order valence-corrected chi connectivity index (χ3v) is 4.78. The van der Waals surface area contributed by atoms with Crippen LogP contribution < -0.4 is 0 Å². The van der Waals surface area contributed by atoms with Gasteiger partial charge in [-0.1, -0.05) is 6.07 Å². The second kappa shape index (κ2) is 8.76. The molecule has 3 rings (SSSR count). The van der Waals surface area contributed by atoms with Crippen LogP contribution in [-0.4, -0.2) is 56.4 Å². The number of hydrogen-bond acceptors (Lipinski definition) is 4. The summed E-state index contributed by atoms with van der Waals surface area (Å²) in [4.78, 5) is 25.6. The predicted octanol–water partition coefficient (Wildman–Crippen LogP) is 1.87. The number of carbonyl (C=O) groups excluding carboxylic acids is 1. The van der Waals surface area contributed by atoms with Gasteiger partial charge in [-0.3, -0.25) is 14.7 Å². The second-order valence-corrected chi connectivity index (χ2v) is 6.64. The lowest BCUT2D eigenvalue weighted by molar-refractivity contribution is -0.131. The minimum atomic E-state index is 0.273. The molecule has 2 aromatic rings. The molecule has 6 nitrogen and oxygen atoms in total. The molecule has 0 saturated carbocycles. The number of carbonyl (C=O) groups is 1. The molecule has 0 spiro atoms. The first-order valence-corrected chi connectivity index (χ1v) is 9.08. The summed E-state index contributed by atoms with van der Waals surface area (Å²) in [5, 5.41) is 0. The van der Waals surface area contributed by atoms with Gasteiger partial charge < -0.3 is 9.47 Å². The zero-order chi connectivity index (χ0) is 17.5. The maximum absolute atomic E-state index is 12.5. The smallest absolute Gasteiger partial charge is 0.222 e. The average molecular weight is 341 g/mol. The number of aryl methyl sites for hydroxylation is 2. The van der Waals surface area contributed by atoms with Gasteiger partial charge in [0.1, 0.15) is 5.82 Å². The Hall–Kier alpha value is -2.21. The van der Waals surface area contributed by atoms with Crippen molar-refractivity contribution in [3.63, 3.8) is 0 Å². The van der Waals surface area contributed by atoms with Gasteiger partial charge in [0, 0.05) is 63.9 Å². The number of rotatable bonds is 6. The molecule has 25 heavy (non-hydrogen) atoms. The Balaban J connectivity index is 1.42. The first-order chi connectivity index (χ1) is 12.2. The molecule has 1 amide bonds. The lowest BCUT2D eigenvalue weighted by atomic mass is 10.1. The van der Waals surface area contributed by atoms with Gasteiger partial charge in [-0.05, 0) is 31.4 Å². The Morgan fingerprint density at radius 2 is 2.04 bits per heavy atom. The average Bonchev–Trinajstić information content (AvgIpc) is 2.89. The van der Waals surface area contributed by atoms with E-state index in [1.54, 1.807) is 0 Å². The first kappa shape index (κ1) is 17.6. The minimum absolute atomic E-state index is 0.273. The van der Waals surface area contributed by atoms with Crippen molar-refractivity contribution in [1.29, 1.82) is 0 Å². The topological polar surface area (TPSA) is 54.3 Å². The monoisotopic (exact) mass is 341 g/mol. The van der Waals surface area contributed by atoms with E-state index >= 15 is 0 Å². The van der Waals surface area contributed by atoms with Gasteiger partial charge in [0.2, 0.25) is 5.91 Å². The van der Waals surface area contributed by atoms with Crippen LogP contribution in [-0.2, 0) is 24.8 Å². The molecule has 1 fully saturated rings. The molecule has 1 aliphatic rings. The van der Waals surface area contributed by atoms with Gasteiger partial charge in [-0.25, -0.2) is 4.98 Å². The predicted molar refractivity (Wildman–Crippen MR) is 96.9 cm³/mol. The van der Waals surface area contributed by atoms with Crippen LogP contribution in [0.4, 0.5) is 0 Å². The van der Waals surface area contributed by atoms with E-state index in [1.807, 2.05) is 48.7 Å². The second-order valence-electron chi connectivity index (χ2n) is 6.64. The molecular formula is C19H27N5O. The van der Waals surface area contributed by atoms with Crippen LogP contribution in [0.25, 0.3) is 0 Å². The van der Waals surface area contributed by atoms with Gasteiger partial charge in [0.25, 0.3) is 0 Å². The minimum Gasteiger partial charge on any atom is -0.341 e. The molecule has 6 heteroatoms. The van der Waals surface area contributed by atoms with E-state index in [2.05, 4.69) is 19.4 Å². The van der Waals surface area contributed by atoms with Crippen molar-refractivity contribution in [2.24, 2.45) is 7.05 Å². The van der Waals surface area contributed by atoms with E-state index in [9.17, 15) is 4.79 Å². The molecular weight excluding hydrogens is 314 g/mol. The van der Waals surface area contributed by atoms with Crippen molar-refractivity contribution in [3.05, 3.63) is 48.3 Å². The maximum atomic E-state index is 12.5. The third-order valence-electron chi connectivity index (χ3n) is 4.78. The number of hydrogen-bond donors (Lipinski definition) is 0. The number of amides is 1. The number of aromatic nitrogens is 3. The van der Waals surface area contributed by atoms with Crippen LogP contribution in [0.3, 0.4) is 0 Å². The molecule has 0 aliphatic carbocycles. The summed E-state index contributed by atoms with van der Waals surface area (Å²) in [6.45, 7) is 4.46. The molecule has 134 valence electrons. The van der Waals surface area contributed by atoms with Crippen molar-refractivity contribution in [3.8, 4) is 0 Å². The number of pyridine rings is 1. The zero-order valence-corrected chi connectivity index (χ0v) is 15.0. The third kappa shape index (κ3) is 5.13. The fraction of sp³-hybridized carbons (Fsp3) is 0.526. The summed E-state index contributed by atoms with van der Waals surface area (Å²) in [5.74, 6) is 1.35. The Labute approximate surface area is 149 Å². The van der Waals surface area contributed by atoms with Gasteiger partial charge in [-0.2, -0.15) is 0 Å². The Kier molecular flexibility index (Phi) is 6.17. The molecule has 0 aromatic carbocycles. The highest BCUT2D eigenvalue weighted by Crippen LogP contribution is 2.10. The molecule has 0 bridgehead atoms. The Morgan fingerprint density at radius 1 is 1.12 bits per heavy atom. The maximum Gasteiger partial charge on any atom is 0.222 e. The molecule has 0 atom stereocenters. The molecule has 3 heterocycles. The fourth-order valence-corrected chi connectivity index (χ4v) is 3.25. The van der Waals surface area contributed by atoms with Crippen LogP contribution in [0.15, 0.2) is 36.8 Å². The summed E-state index contributed by atoms with van der Waals surface area (Å²) in [6.07, 6.45) is 8.98. The lowest BCUT2D eigenvalue weighted by Crippen LogP contribution is -2.35.